The van der Waals surface area contributed by atoms with Crippen molar-refractivity contribution in [2.24, 2.45) is 5.41 Å². The van der Waals surface area contributed by atoms with E-state index in [1.165, 1.54) is 0 Å². The van der Waals surface area contributed by atoms with Gasteiger partial charge in [0.25, 0.3) is 5.91 Å². The minimum absolute atomic E-state index is 0.0949. The topological polar surface area (TPSA) is 32.3 Å². The summed E-state index contributed by atoms with van der Waals surface area (Å²) in [7, 11) is 1.96. The Labute approximate surface area is 125 Å². The summed E-state index contributed by atoms with van der Waals surface area (Å²) in [5, 5.41) is 5.58. The molecule has 3 heteroatoms. The van der Waals surface area contributed by atoms with Gasteiger partial charge in [-0.25, -0.2) is 0 Å². The number of nitrogens with zero attached hydrogens (tertiary/aromatic N) is 1. The third-order valence-corrected chi connectivity index (χ3v) is 4.41. The Hall–Kier alpha value is -1.87. The summed E-state index contributed by atoms with van der Waals surface area (Å²) >= 11 is 0. The van der Waals surface area contributed by atoms with Gasteiger partial charge in [-0.1, -0.05) is 45.0 Å². The standard InChI is InChI=1S/C18H22N2O/c1-18(2,3)15(19-4)11-20-14-10-6-8-12-7-5-9-13(16(12)14)17(20)21/h5-10,15,19H,11H2,1-4H3. The van der Waals surface area contributed by atoms with E-state index in [0.29, 0.717) is 6.54 Å². The lowest BCUT2D eigenvalue weighted by Crippen LogP contribution is -2.48. The van der Waals surface area contributed by atoms with Crippen molar-refractivity contribution in [3.8, 4) is 0 Å². The van der Waals surface area contributed by atoms with Crippen molar-refractivity contribution < 1.29 is 4.79 Å². The number of benzene rings is 2. The highest BCUT2D eigenvalue weighted by atomic mass is 16.2. The molecular weight excluding hydrogens is 260 g/mol. The number of rotatable bonds is 3. The fourth-order valence-corrected chi connectivity index (χ4v) is 3.14. The first kappa shape index (κ1) is 14.1. The van der Waals surface area contributed by atoms with Crippen molar-refractivity contribution in [3.05, 3.63) is 42.0 Å². The van der Waals surface area contributed by atoms with Crippen molar-refractivity contribution in [2.45, 2.75) is 26.8 Å². The zero-order valence-corrected chi connectivity index (χ0v) is 13.1. The lowest BCUT2D eigenvalue weighted by molar-refractivity contribution is 0.0986. The molecular formula is C18H22N2O. The van der Waals surface area contributed by atoms with Gasteiger partial charge in [0.2, 0.25) is 0 Å². The molecule has 21 heavy (non-hydrogen) atoms. The van der Waals surface area contributed by atoms with Crippen LogP contribution in [0.5, 0.6) is 0 Å². The van der Waals surface area contributed by atoms with Crippen LogP contribution in [0.3, 0.4) is 0 Å². The zero-order chi connectivity index (χ0) is 15.2. The minimum atomic E-state index is 0.0949. The van der Waals surface area contributed by atoms with E-state index in [-0.39, 0.29) is 17.4 Å². The largest absolute Gasteiger partial charge is 0.315 e. The summed E-state index contributed by atoms with van der Waals surface area (Å²) in [5.74, 6) is 0.117. The van der Waals surface area contributed by atoms with Gasteiger partial charge in [0.1, 0.15) is 0 Å². The third kappa shape index (κ3) is 2.22. The Balaban J connectivity index is 2.04. The van der Waals surface area contributed by atoms with Gasteiger partial charge >= 0.3 is 0 Å². The van der Waals surface area contributed by atoms with E-state index < -0.39 is 0 Å². The summed E-state index contributed by atoms with van der Waals surface area (Å²) < 4.78 is 0. The molecule has 1 aliphatic heterocycles. The van der Waals surface area contributed by atoms with Crippen LogP contribution in [-0.4, -0.2) is 25.5 Å². The molecule has 0 saturated carbocycles. The maximum absolute atomic E-state index is 12.8. The number of likely N-dealkylation sites (N-methyl/N-ethyl adjacent to an activating group) is 1. The Kier molecular flexibility index (Phi) is 3.25. The molecule has 3 nitrogen and oxygen atoms in total. The summed E-state index contributed by atoms with van der Waals surface area (Å²) in [5.41, 5.74) is 1.96. The van der Waals surface area contributed by atoms with Crippen LogP contribution < -0.4 is 10.2 Å². The van der Waals surface area contributed by atoms with E-state index >= 15 is 0 Å². The first-order valence-corrected chi connectivity index (χ1v) is 7.44. The molecule has 0 bridgehead atoms. The van der Waals surface area contributed by atoms with Crippen molar-refractivity contribution in [1.82, 2.24) is 5.32 Å². The number of amides is 1. The molecule has 1 amide bonds. The summed E-state index contributed by atoms with van der Waals surface area (Å²) in [6.45, 7) is 7.28. The number of carbonyl (C=O) groups is 1. The van der Waals surface area contributed by atoms with E-state index in [4.69, 9.17) is 0 Å². The molecule has 2 aromatic carbocycles. The van der Waals surface area contributed by atoms with Crippen molar-refractivity contribution >= 4 is 22.4 Å². The summed E-state index contributed by atoms with van der Waals surface area (Å²) in [6, 6.07) is 12.3. The Morgan fingerprint density at radius 2 is 1.81 bits per heavy atom. The van der Waals surface area contributed by atoms with E-state index in [9.17, 15) is 4.79 Å². The average molecular weight is 282 g/mol. The fraction of sp³-hybridized carbons (Fsp3) is 0.389. The molecule has 1 heterocycles. The number of carbonyl (C=O) groups excluding carboxylic acids is 1. The van der Waals surface area contributed by atoms with Gasteiger partial charge < -0.3 is 10.2 Å². The Bertz CT molecular complexity index is 695. The summed E-state index contributed by atoms with van der Waals surface area (Å²) in [6.07, 6.45) is 0. The monoisotopic (exact) mass is 282 g/mol. The molecule has 110 valence electrons. The van der Waals surface area contributed by atoms with Crippen LogP contribution in [0.25, 0.3) is 10.8 Å². The first-order valence-electron chi connectivity index (χ1n) is 7.44. The smallest absolute Gasteiger partial charge is 0.259 e. The summed E-state index contributed by atoms with van der Waals surface area (Å²) in [4.78, 5) is 14.7. The average Bonchev–Trinajstić information content (AvgIpc) is 2.71. The van der Waals surface area contributed by atoms with Gasteiger partial charge in [0, 0.05) is 23.5 Å². The number of nitrogens with one attached hydrogen (secondary N) is 1. The molecule has 0 radical (unpaired) electrons. The molecule has 0 saturated heterocycles. The highest BCUT2D eigenvalue weighted by molar-refractivity contribution is 6.25. The van der Waals surface area contributed by atoms with Crippen molar-refractivity contribution in [3.63, 3.8) is 0 Å². The zero-order valence-electron chi connectivity index (χ0n) is 13.1. The van der Waals surface area contributed by atoms with Crippen molar-refractivity contribution in [2.75, 3.05) is 18.5 Å². The maximum atomic E-state index is 12.8. The quantitative estimate of drug-likeness (QED) is 0.935. The molecule has 3 rings (SSSR count). The molecule has 0 fully saturated rings. The highest BCUT2D eigenvalue weighted by Crippen LogP contribution is 2.37. The maximum Gasteiger partial charge on any atom is 0.259 e. The van der Waals surface area contributed by atoms with Crippen LogP contribution in [0, 0.1) is 5.41 Å². The van der Waals surface area contributed by atoms with Crippen molar-refractivity contribution in [1.29, 1.82) is 0 Å². The molecule has 2 aromatic rings. The minimum Gasteiger partial charge on any atom is -0.315 e. The molecule has 0 spiro atoms. The van der Waals surface area contributed by atoms with Gasteiger partial charge in [0.05, 0.1) is 5.69 Å². The molecule has 1 N–H and O–H groups in total. The van der Waals surface area contributed by atoms with Crippen LogP contribution in [-0.2, 0) is 0 Å². The Morgan fingerprint density at radius 1 is 1.14 bits per heavy atom. The van der Waals surface area contributed by atoms with Gasteiger partial charge in [-0.15, -0.1) is 0 Å². The van der Waals surface area contributed by atoms with Crippen LogP contribution in [0.2, 0.25) is 0 Å². The molecule has 1 unspecified atom stereocenters. The highest BCUT2D eigenvalue weighted by Gasteiger charge is 2.33. The van der Waals surface area contributed by atoms with Gasteiger partial charge in [-0.05, 0) is 30.0 Å². The SMILES string of the molecule is CNC(CN1C(=O)c2cccc3cccc1c23)C(C)(C)C. The molecule has 1 aliphatic rings. The predicted molar refractivity (Wildman–Crippen MR) is 87.9 cm³/mol. The third-order valence-electron chi connectivity index (χ3n) is 4.41. The second kappa shape index (κ2) is 4.85. The van der Waals surface area contributed by atoms with E-state index in [1.807, 2.05) is 36.2 Å². The molecule has 0 aliphatic carbocycles. The van der Waals surface area contributed by atoms with Crippen LogP contribution in [0.4, 0.5) is 5.69 Å². The second-order valence-electron chi connectivity index (χ2n) is 6.80. The van der Waals surface area contributed by atoms with Crippen LogP contribution in [0.15, 0.2) is 36.4 Å². The predicted octanol–water partition coefficient (Wildman–Crippen LogP) is 3.43. The van der Waals surface area contributed by atoms with Crippen LogP contribution >= 0.6 is 0 Å². The normalized spacial score (nSPS) is 15.8. The number of anilines is 1. The van der Waals surface area contributed by atoms with E-state index in [0.717, 1.165) is 22.0 Å². The van der Waals surface area contributed by atoms with Gasteiger partial charge in [0.15, 0.2) is 0 Å². The number of hydrogen-bond donors (Lipinski definition) is 1. The van der Waals surface area contributed by atoms with E-state index in [1.54, 1.807) is 0 Å². The first-order chi connectivity index (χ1) is 9.93. The van der Waals surface area contributed by atoms with E-state index in [2.05, 4.69) is 38.2 Å². The Morgan fingerprint density at radius 3 is 2.43 bits per heavy atom. The molecule has 0 aromatic heterocycles. The molecule has 1 atom stereocenters. The van der Waals surface area contributed by atoms with Gasteiger partial charge in [-0.3, -0.25) is 4.79 Å². The fourth-order valence-electron chi connectivity index (χ4n) is 3.14. The van der Waals surface area contributed by atoms with Gasteiger partial charge in [-0.2, -0.15) is 0 Å². The lowest BCUT2D eigenvalue weighted by Gasteiger charge is -2.34. The number of hydrogen-bond acceptors (Lipinski definition) is 2. The second-order valence-corrected chi connectivity index (χ2v) is 6.80. The lowest BCUT2D eigenvalue weighted by atomic mass is 9.86. The van der Waals surface area contributed by atoms with Crippen LogP contribution in [0.1, 0.15) is 31.1 Å².